The van der Waals surface area contributed by atoms with Crippen LogP contribution in [0.25, 0.3) is 11.5 Å². The molecular formula is C18H23N5O2. The highest BCUT2D eigenvalue weighted by Gasteiger charge is 2.20. The molecule has 3 rings (SSSR count). The normalized spacial score (nSPS) is 18.1. The molecule has 7 nitrogen and oxygen atoms in total. The lowest BCUT2D eigenvalue weighted by molar-refractivity contribution is -0.121. The van der Waals surface area contributed by atoms with Gasteiger partial charge in [0.05, 0.1) is 6.42 Å². The summed E-state index contributed by atoms with van der Waals surface area (Å²) < 4.78 is 0. The first-order valence-corrected chi connectivity index (χ1v) is 8.52. The van der Waals surface area contributed by atoms with E-state index in [1.807, 2.05) is 13.1 Å². The van der Waals surface area contributed by atoms with Crippen LogP contribution in [0.5, 0.6) is 0 Å². The summed E-state index contributed by atoms with van der Waals surface area (Å²) in [5, 5.41) is 3.02. The van der Waals surface area contributed by atoms with Crippen molar-refractivity contribution < 1.29 is 4.79 Å². The fourth-order valence-electron chi connectivity index (χ4n) is 3.17. The summed E-state index contributed by atoms with van der Waals surface area (Å²) in [5.41, 5.74) is 1.27. The van der Waals surface area contributed by atoms with Crippen molar-refractivity contribution in [2.45, 2.75) is 32.2 Å². The lowest BCUT2D eigenvalue weighted by Crippen LogP contribution is -2.47. The van der Waals surface area contributed by atoms with Crippen LogP contribution in [0.2, 0.25) is 0 Å². The molecule has 1 atom stereocenters. The molecule has 2 aromatic heterocycles. The Hall–Kier alpha value is -2.54. The molecule has 1 amide bonds. The number of aromatic nitrogens is 3. The fraction of sp³-hybridized carbons (Fsp3) is 0.444. The molecule has 2 aromatic rings. The lowest BCUT2D eigenvalue weighted by Gasteiger charge is -2.30. The Morgan fingerprint density at radius 1 is 1.44 bits per heavy atom. The van der Waals surface area contributed by atoms with Crippen molar-refractivity contribution >= 4 is 5.91 Å². The molecule has 132 valence electrons. The number of amides is 1. The summed E-state index contributed by atoms with van der Waals surface area (Å²) in [5.74, 6) is 0.280. The summed E-state index contributed by atoms with van der Waals surface area (Å²) in [6.07, 6.45) is 3.73. The van der Waals surface area contributed by atoms with Crippen molar-refractivity contribution in [1.29, 1.82) is 0 Å². The highest BCUT2D eigenvalue weighted by Crippen LogP contribution is 2.12. The molecule has 1 aliphatic heterocycles. The van der Waals surface area contributed by atoms with Crippen molar-refractivity contribution in [3.63, 3.8) is 0 Å². The van der Waals surface area contributed by atoms with Crippen LogP contribution >= 0.6 is 0 Å². The van der Waals surface area contributed by atoms with Crippen LogP contribution in [0.3, 0.4) is 0 Å². The summed E-state index contributed by atoms with van der Waals surface area (Å²) in [4.78, 5) is 38.3. The number of H-pyrrole nitrogens is 1. The van der Waals surface area contributed by atoms with E-state index in [9.17, 15) is 9.59 Å². The van der Waals surface area contributed by atoms with Gasteiger partial charge in [0.25, 0.3) is 5.56 Å². The number of likely N-dealkylation sites (tertiary alicyclic amines) is 1. The molecule has 1 saturated heterocycles. The zero-order valence-corrected chi connectivity index (χ0v) is 14.6. The van der Waals surface area contributed by atoms with Crippen LogP contribution in [0.1, 0.15) is 24.1 Å². The third kappa shape index (κ3) is 4.30. The number of piperidine rings is 1. The van der Waals surface area contributed by atoms with Gasteiger partial charge in [-0.25, -0.2) is 4.98 Å². The number of aryl methyl sites for hydroxylation is 1. The van der Waals surface area contributed by atoms with Crippen LogP contribution in [-0.4, -0.2) is 51.9 Å². The number of pyridine rings is 1. The molecule has 1 fully saturated rings. The summed E-state index contributed by atoms with van der Waals surface area (Å²) in [7, 11) is 2.05. The van der Waals surface area contributed by atoms with Crippen molar-refractivity contribution in [3.8, 4) is 11.5 Å². The van der Waals surface area contributed by atoms with E-state index in [4.69, 9.17) is 0 Å². The van der Waals surface area contributed by atoms with Gasteiger partial charge in [-0.2, -0.15) is 0 Å². The molecule has 3 heterocycles. The fourth-order valence-corrected chi connectivity index (χ4v) is 3.17. The second-order valence-corrected chi connectivity index (χ2v) is 6.54. The summed E-state index contributed by atoms with van der Waals surface area (Å²) in [6.45, 7) is 3.65. The molecule has 0 saturated carbocycles. The molecule has 0 spiro atoms. The number of nitrogens with one attached hydrogen (secondary N) is 2. The molecule has 0 aliphatic carbocycles. The van der Waals surface area contributed by atoms with E-state index >= 15 is 0 Å². The topological polar surface area (TPSA) is 91.0 Å². The smallest absolute Gasteiger partial charge is 0.255 e. The minimum absolute atomic E-state index is 0.0386. The van der Waals surface area contributed by atoms with Crippen molar-refractivity contribution in [2.75, 3.05) is 20.1 Å². The van der Waals surface area contributed by atoms with Gasteiger partial charge in [-0.05, 0) is 45.5 Å². The Bertz CT molecular complexity index is 803. The Kier molecular flexibility index (Phi) is 5.23. The SMILES string of the molecule is Cc1nc(-c2ccccn2)[nH]c(=O)c1CC(=O)N[C@H]1CCCN(C)C1. The number of likely N-dealkylation sites (N-methyl/N-ethyl adjacent to an activating group) is 1. The Labute approximate surface area is 146 Å². The number of hydrogen-bond acceptors (Lipinski definition) is 5. The third-order valence-electron chi connectivity index (χ3n) is 4.46. The van der Waals surface area contributed by atoms with E-state index in [1.54, 1.807) is 25.3 Å². The van der Waals surface area contributed by atoms with Crippen LogP contribution in [0.4, 0.5) is 0 Å². The van der Waals surface area contributed by atoms with Gasteiger partial charge in [0.15, 0.2) is 5.82 Å². The predicted molar refractivity (Wildman–Crippen MR) is 95.2 cm³/mol. The van der Waals surface area contributed by atoms with E-state index < -0.39 is 0 Å². The van der Waals surface area contributed by atoms with E-state index in [1.165, 1.54) is 0 Å². The minimum atomic E-state index is -0.288. The monoisotopic (exact) mass is 341 g/mol. The second kappa shape index (κ2) is 7.57. The number of hydrogen-bond donors (Lipinski definition) is 2. The number of aromatic amines is 1. The Balaban J connectivity index is 1.72. The minimum Gasteiger partial charge on any atom is -0.352 e. The van der Waals surface area contributed by atoms with E-state index in [0.717, 1.165) is 25.9 Å². The average Bonchev–Trinajstić information content (AvgIpc) is 2.59. The van der Waals surface area contributed by atoms with Crippen molar-refractivity contribution in [3.05, 3.63) is 46.0 Å². The molecule has 2 N–H and O–H groups in total. The van der Waals surface area contributed by atoms with E-state index in [-0.39, 0.29) is 23.9 Å². The van der Waals surface area contributed by atoms with Gasteiger partial charge in [-0.15, -0.1) is 0 Å². The molecule has 0 aromatic carbocycles. The second-order valence-electron chi connectivity index (χ2n) is 6.54. The Morgan fingerprint density at radius 2 is 2.28 bits per heavy atom. The Morgan fingerprint density at radius 3 is 2.96 bits per heavy atom. The first-order chi connectivity index (χ1) is 12.0. The van der Waals surface area contributed by atoms with E-state index in [0.29, 0.717) is 22.8 Å². The maximum Gasteiger partial charge on any atom is 0.255 e. The van der Waals surface area contributed by atoms with Crippen LogP contribution in [0, 0.1) is 6.92 Å². The quantitative estimate of drug-likeness (QED) is 0.862. The maximum absolute atomic E-state index is 12.4. The van der Waals surface area contributed by atoms with Gasteiger partial charge in [0.2, 0.25) is 5.91 Å². The molecule has 0 unspecified atom stereocenters. The third-order valence-corrected chi connectivity index (χ3v) is 4.46. The first-order valence-electron chi connectivity index (χ1n) is 8.52. The highest BCUT2D eigenvalue weighted by molar-refractivity contribution is 5.79. The highest BCUT2D eigenvalue weighted by atomic mass is 16.2. The van der Waals surface area contributed by atoms with Gasteiger partial charge < -0.3 is 15.2 Å². The van der Waals surface area contributed by atoms with Gasteiger partial charge in [-0.1, -0.05) is 6.07 Å². The molecule has 1 aliphatic rings. The lowest BCUT2D eigenvalue weighted by atomic mass is 10.1. The zero-order valence-electron chi connectivity index (χ0n) is 14.6. The zero-order chi connectivity index (χ0) is 17.8. The van der Waals surface area contributed by atoms with Crippen LogP contribution in [0.15, 0.2) is 29.2 Å². The summed E-state index contributed by atoms with van der Waals surface area (Å²) in [6, 6.07) is 5.56. The molecular weight excluding hydrogens is 318 g/mol. The van der Waals surface area contributed by atoms with Crippen molar-refractivity contribution in [1.82, 2.24) is 25.2 Å². The average molecular weight is 341 g/mol. The van der Waals surface area contributed by atoms with E-state index in [2.05, 4.69) is 25.2 Å². The maximum atomic E-state index is 12.4. The van der Waals surface area contributed by atoms with Gasteiger partial charge in [0, 0.05) is 30.0 Å². The number of carbonyl (C=O) groups excluding carboxylic acids is 1. The van der Waals surface area contributed by atoms with Crippen LogP contribution in [-0.2, 0) is 11.2 Å². The van der Waals surface area contributed by atoms with Crippen LogP contribution < -0.4 is 10.9 Å². The first kappa shape index (κ1) is 17.3. The number of nitrogens with zero attached hydrogens (tertiary/aromatic N) is 3. The van der Waals surface area contributed by atoms with Crippen molar-refractivity contribution in [2.24, 2.45) is 0 Å². The molecule has 7 heteroatoms. The molecule has 0 bridgehead atoms. The molecule has 25 heavy (non-hydrogen) atoms. The van der Waals surface area contributed by atoms with Gasteiger partial charge in [0.1, 0.15) is 5.69 Å². The predicted octanol–water partition coefficient (Wildman–Crippen LogP) is 0.893. The number of rotatable bonds is 4. The molecule has 0 radical (unpaired) electrons. The standard InChI is InChI=1S/C18H23N5O2/c1-12-14(10-16(24)21-13-6-5-9-23(2)11-13)18(25)22-17(20-12)15-7-3-4-8-19-15/h3-4,7-8,13H,5-6,9-11H2,1-2H3,(H,21,24)(H,20,22,25)/t13-/m0/s1. The van der Waals surface area contributed by atoms with Gasteiger partial charge in [-0.3, -0.25) is 14.6 Å². The van der Waals surface area contributed by atoms with Gasteiger partial charge >= 0.3 is 0 Å². The largest absolute Gasteiger partial charge is 0.352 e. The number of carbonyl (C=O) groups is 1. The summed E-state index contributed by atoms with van der Waals surface area (Å²) >= 11 is 0.